The van der Waals surface area contributed by atoms with E-state index < -0.39 is 0 Å². The van der Waals surface area contributed by atoms with Crippen LogP contribution in [-0.2, 0) is 6.42 Å². The molecule has 6 heteroatoms. The molecule has 2 heterocycles. The first-order valence-corrected chi connectivity index (χ1v) is 8.81. The summed E-state index contributed by atoms with van der Waals surface area (Å²) in [6.45, 7) is 7.65. The lowest BCUT2D eigenvalue weighted by Gasteiger charge is -2.23. The molecule has 1 atom stereocenters. The maximum absolute atomic E-state index is 12.8. The molecule has 2 N–H and O–H groups in total. The van der Waals surface area contributed by atoms with Crippen LogP contribution in [0.5, 0.6) is 0 Å². The monoisotopic (exact) mass is 342 g/mol. The number of nitrogens with two attached hydrogens (primary N) is 1. The molecular formula is C19H26N4O2. The van der Waals surface area contributed by atoms with Crippen LogP contribution in [-0.4, -0.2) is 40.1 Å². The van der Waals surface area contributed by atoms with Gasteiger partial charge in [-0.1, -0.05) is 38.1 Å². The van der Waals surface area contributed by atoms with Crippen molar-refractivity contribution in [3.05, 3.63) is 35.7 Å². The summed E-state index contributed by atoms with van der Waals surface area (Å²) < 4.78 is 5.36. The zero-order valence-corrected chi connectivity index (χ0v) is 15.2. The first kappa shape index (κ1) is 17.6. The highest BCUT2D eigenvalue weighted by molar-refractivity contribution is 5.95. The number of carbonyl (C=O) groups excluding carboxylic acids is 1. The molecule has 0 spiro atoms. The summed E-state index contributed by atoms with van der Waals surface area (Å²) in [5.41, 5.74) is 7.29. The number of hydrogen-bond donors (Lipinski definition) is 1. The third-order valence-electron chi connectivity index (χ3n) is 4.43. The van der Waals surface area contributed by atoms with Crippen LogP contribution >= 0.6 is 0 Å². The van der Waals surface area contributed by atoms with Crippen molar-refractivity contribution in [2.45, 2.75) is 46.1 Å². The second-order valence-corrected chi connectivity index (χ2v) is 7.86. The van der Waals surface area contributed by atoms with Crippen molar-refractivity contribution < 1.29 is 9.32 Å². The number of nitrogens with zero attached hydrogens (tertiary/aromatic N) is 3. The van der Waals surface area contributed by atoms with Crippen molar-refractivity contribution >= 4 is 5.91 Å². The molecule has 1 unspecified atom stereocenters. The van der Waals surface area contributed by atoms with Gasteiger partial charge in [0, 0.05) is 36.7 Å². The molecule has 1 fully saturated rings. The Balaban J connectivity index is 1.81. The van der Waals surface area contributed by atoms with Gasteiger partial charge in [0.1, 0.15) is 0 Å². The Kier molecular flexibility index (Phi) is 4.90. The minimum absolute atomic E-state index is 0.0215. The Morgan fingerprint density at radius 1 is 1.40 bits per heavy atom. The molecule has 0 saturated carbocycles. The number of amides is 1. The number of hydrogen-bond acceptors (Lipinski definition) is 5. The molecule has 3 rings (SSSR count). The van der Waals surface area contributed by atoms with E-state index in [2.05, 4.69) is 30.9 Å². The Labute approximate surface area is 148 Å². The van der Waals surface area contributed by atoms with Gasteiger partial charge in [-0.15, -0.1) is 0 Å². The number of likely N-dealkylation sites (tertiary alicyclic amines) is 1. The van der Waals surface area contributed by atoms with Gasteiger partial charge in [0.15, 0.2) is 0 Å². The van der Waals surface area contributed by atoms with E-state index in [9.17, 15) is 4.79 Å². The minimum atomic E-state index is 0.0215. The molecule has 134 valence electrons. The largest absolute Gasteiger partial charge is 0.339 e. The van der Waals surface area contributed by atoms with Crippen molar-refractivity contribution in [2.75, 3.05) is 13.1 Å². The quantitative estimate of drug-likeness (QED) is 0.923. The molecule has 1 aliphatic rings. The van der Waals surface area contributed by atoms with E-state index >= 15 is 0 Å². The predicted octanol–water partition coefficient (Wildman–Crippen LogP) is 2.89. The molecule has 25 heavy (non-hydrogen) atoms. The first-order chi connectivity index (χ1) is 11.9. The summed E-state index contributed by atoms with van der Waals surface area (Å²) in [5, 5.41) is 4.07. The molecule has 1 aromatic heterocycles. The number of benzene rings is 1. The van der Waals surface area contributed by atoms with Gasteiger partial charge in [-0.3, -0.25) is 4.79 Å². The number of carbonyl (C=O) groups is 1. The van der Waals surface area contributed by atoms with Crippen LogP contribution in [0.3, 0.4) is 0 Å². The van der Waals surface area contributed by atoms with Gasteiger partial charge in [-0.25, -0.2) is 0 Å². The number of rotatable bonds is 4. The predicted molar refractivity (Wildman–Crippen MR) is 96.0 cm³/mol. The molecule has 1 saturated heterocycles. The fraction of sp³-hybridized carbons (Fsp3) is 0.526. The van der Waals surface area contributed by atoms with Gasteiger partial charge in [0.05, 0.1) is 0 Å². The Hall–Kier alpha value is -2.21. The molecule has 1 aliphatic heterocycles. The maximum Gasteiger partial charge on any atom is 0.254 e. The summed E-state index contributed by atoms with van der Waals surface area (Å²) >= 11 is 0. The van der Waals surface area contributed by atoms with Crippen molar-refractivity contribution in [1.82, 2.24) is 15.0 Å². The van der Waals surface area contributed by atoms with Gasteiger partial charge < -0.3 is 15.2 Å². The van der Waals surface area contributed by atoms with E-state index in [4.69, 9.17) is 10.3 Å². The third-order valence-corrected chi connectivity index (χ3v) is 4.43. The summed E-state index contributed by atoms with van der Waals surface area (Å²) in [5.74, 6) is 1.15. The lowest BCUT2D eigenvalue weighted by atomic mass is 9.92. The van der Waals surface area contributed by atoms with Crippen molar-refractivity contribution in [3.63, 3.8) is 0 Å². The Morgan fingerprint density at radius 2 is 2.20 bits per heavy atom. The highest BCUT2D eigenvalue weighted by atomic mass is 16.5. The highest BCUT2D eigenvalue weighted by Gasteiger charge is 2.28. The highest BCUT2D eigenvalue weighted by Crippen LogP contribution is 2.24. The van der Waals surface area contributed by atoms with Crippen LogP contribution in [0, 0.1) is 5.41 Å². The fourth-order valence-electron chi connectivity index (χ4n) is 3.20. The second kappa shape index (κ2) is 6.96. The molecule has 0 radical (unpaired) electrons. The summed E-state index contributed by atoms with van der Waals surface area (Å²) in [6.07, 6.45) is 2.70. The molecule has 2 aromatic rings. The van der Waals surface area contributed by atoms with Gasteiger partial charge in [0.2, 0.25) is 11.7 Å². The van der Waals surface area contributed by atoms with Crippen molar-refractivity contribution in [1.29, 1.82) is 0 Å². The molecular weight excluding hydrogens is 316 g/mol. The average molecular weight is 342 g/mol. The van der Waals surface area contributed by atoms with E-state index in [-0.39, 0.29) is 17.4 Å². The molecule has 0 aliphatic carbocycles. The van der Waals surface area contributed by atoms with Crippen LogP contribution in [0.25, 0.3) is 11.4 Å². The summed E-state index contributed by atoms with van der Waals surface area (Å²) in [6, 6.07) is 7.55. The van der Waals surface area contributed by atoms with Crippen LogP contribution in [0.4, 0.5) is 0 Å². The van der Waals surface area contributed by atoms with Gasteiger partial charge >= 0.3 is 0 Å². The van der Waals surface area contributed by atoms with Crippen LogP contribution < -0.4 is 5.73 Å². The Morgan fingerprint density at radius 3 is 2.92 bits per heavy atom. The first-order valence-electron chi connectivity index (χ1n) is 8.81. The fourth-order valence-corrected chi connectivity index (χ4v) is 3.20. The molecule has 6 nitrogen and oxygen atoms in total. The second-order valence-electron chi connectivity index (χ2n) is 7.86. The van der Waals surface area contributed by atoms with Crippen LogP contribution in [0.1, 0.15) is 49.9 Å². The van der Waals surface area contributed by atoms with E-state index in [1.807, 2.05) is 29.2 Å². The maximum atomic E-state index is 12.8. The van der Waals surface area contributed by atoms with E-state index in [0.717, 1.165) is 24.9 Å². The smallest absolute Gasteiger partial charge is 0.254 e. The van der Waals surface area contributed by atoms with Crippen LogP contribution in [0.2, 0.25) is 0 Å². The van der Waals surface area contributed by atoms with E-state index in [1.54, 1.807) is 0 Å². The summed E-state index contributed by atoms with van der Waals surface area (Å²) in [7, 11) is 0. The topological polar surface area (TPSA) is 85.2 Å². The zero-order valence-electron chi connectivity index (χ0n) is 15.2. The lowest BCUT2D eigenvalue weighted by Crippen LogP contribution is -2.39. The van der Waals surface area contributed by atoms with Gasteiger partial charge in [-0.2, -0.15) is 4.98 Å². The van der Waals surface area contributed by atoms with E-state index in [0.29, 0.717) is 30.2 Å². The standard InChI is InChI=1S/C19H26N4O2/c1-19(2,3)11-16-21-17(22-25-16)13-6-4-7-14(10-13)18(24)23-9-5-8-15(23)12-20/h4,6-7,10,15H,5,8-9,11-12,20H2,1-3H3. The van der Waals surface area contributed by atoms with Crippen molar-refractivity contribution in [3.8, 4) is 11.4 Å². The molecule has 1 aromatic carbocycles. The van der Waals surface area contributed by atoms with Crippen molar-refractivity contribution in [2.24, 2.45) is 11.1 Å². The SMILES string of the molecule is CC(C)(C)Cc1nc(-c2cccc(C(=O)N3CCCC3CN)c2)no1. The lowest BCUT2D eigenvalue weighted by molar-refractivity contribution is 0.0741. The Bertz CT molecular complexity index is 748. The van der Waals surface area contributed by atoms with E-state index in [1.165, 1.54) is 0 Å². The van der Waals surface area contributed by atoms with Gasteiger partial charge in [0.25, 0.3) is 5.91 Å². The van der Waals surface area contributed by atoms with Crippen LogP contribution in [0.15, 0.2) is 28.8 Å². The number of aromatic nitrogens is 2. The molecule has 1 amide bonds. The minimum Gasteiger partial charge on any atom is -0.339 e. The van der Waals surface area contributed by atoms with Gasteiger partial charge in [-0.05, 0) is 30.4 Å². The average Bonchev–Trinajstić information content (AvgIpc) is 3.21. The summed E-state index contributed by atoms with van der Waals surface area (Å²) in [4.78, 5) is 19.1. The normalized spacial score (nSPS) is 17.9. The third kappa shape index (κ3) is 4.07. The zero-order chi connectivity index (χ0) is 18.0. The molecule has 0 bridgehead atoms.